The minimum absolute atomic E-state index is 0.189. The van der Waals surface area contributed by atoms with Gasteiger partial charge in [0.1, 0.15) is 11.2 Å². The first-order chi connectivity index (χ1) is 52.9. The summed E-state index contributed by atoms with van der Waals surface area (Å²) < 4.78 is 5.73. The molecule has 4 aliphatic carbocycles. The van der Waals surface area contributed by atoms with Crippen molar-refractivity contribution in [2.45, 2.75) is 71.6 Å². The Morgan fingerprint density at radius 3 is 0.880 bits per heavy atom. The Hall–Kier alpha value is -12.7. The Morgan fingerprint density at radius 1 is 0.176 bits per heavy atom. The molecular formula is C107H88O. The average molecular weight is 1390 g/mol. The van der Waals surface area contributed by atoms with E-state index >= 15 is 0 Å². The third kappa shape index (κ3) is 12.2. The quantitative estimate of drug-likeness (QED) is 0.171. The van der Waals surface area contributed by atoms with Gasteiger partial charge in [0.2, 0.25) is 0 Å². The van der Waals surface area contributed by atoms with Crippen LogP contribution < -0.4 is 0 Å². The van der Waals surface area contributed by atoms with Crippen LogP contribution in [-0.2, 0) is 16.2 Å². The van der Waals surface area contributed by atoms with Crippen molar-refractivity contribution in [1.29, 1.82) is 0 Å². The molecule has 21 rings (SSSR count). The van der Waals surface area contributed by atoms with Crippen LogP contribution >= 0.6 is 0 Å². The molecule has 522 valence electrons. The molecule has 108 heavy (non-hydrogen) atoms. The summed E-state index contributed by atoms with van der Waals surface area (Å²) in [7, 11) is 0. The van der Waals surface area contributed by atoms with Crippen molar-refractivity contribution in [1.82, 2.24) is 0 Å². The first-order valence-electron chi connectivity index (χ1n) is 37.9. The average Bonchev–Trinajstić information content (AvgIpc) is 1.51. The van der Waals surface area contributed by atoms with Crippen molar-refractivity contribution in [3.8, 4) is 44.5 Å². The van der Waals surface area contributed by atoms with Crippen LogP contribution in [0.1, 0.15) is 111 Å². The topological polar surface area (TPSA) is 13.1 Å². The van der Waals surface area contributed by atoms with Gasteiger partial charge < -0.3 is 4.42 Å². The number of benzene rings is 16. The maximum Gasteiger partial charge on any atom is 0.135 e. The number of furan rings is 1. The van der Waals surface area contributed by atoms with Gasteiger partial charge in [-0.25, -0.2) is 0 Å². The van der Waals surface area contributed by atoms with E-state index in [4.69, 9.17) is 4.42 Å². The third-order valence-electron chi connectivity index (χ3n) is 22.6. The van der Waals surface area contributed by atoms with E-state index in [0.29, 0.717) is 0 Å². The summed E-state index contributed by atoms with van der Waals surface area (Å²) in [5, 5.41) is 2.45. The van der Waals surface area contributed by atoms with E-state index < -0.39 is 0 Å². The highest BCUT2D eigenvalue weighted by Crippen LogP contribution is 2.63. The Morgan fingerprint density at radius 2 is 0.463 bits per heavy atom. The Bertz CT molecular complexity index is 5810. The van der Waals surface area contributed by atoms with Crippen molar-refractivity contribution in [2.75, 3.05) is 0 Å². The summed E-state index contributed by atoms with van der Waals surface area (Å²) in [5.74, 6) is 0. The van der Waals surface area contributed by atoms with Crippen LogP contribution in [0.25, 0.3) is 66.4 Å². The predicted octanol–water partition coefficient (Wildman–Crippen LogP) is 27.6. The van der Waals surface area contributed by atoms with Gasteiger partial charge in [0, 0.05) is 10.8 Å². The highest BCUT2D eigenvalue weighted by Gasteiger charge is 2.52. The molecular weight excluding hydrogens is 1300 g/mol. The molecule has 0 amide bonds. The minimum Gasteiger partial charge on any atom is -0.456 e. The molecule has 16 aromatic carbocycles. The van der Waals surface area contributed by atoms with Crippen LogP contribution in [0, 0.1) is 55.4 Å². The van der Waals surface area contributed by atoms with Gasteiger partial charge in [-0.2, -0.15) is 0 Å². The van der Waals surface area contributed by atoms with E-state index in [0.717, 1.165) is 11.2 Å². The molecule has 0 unspecified atom stereocenters. The molecule has 17 aromatic rings. The number of hydrogen-bond acceptors (Lipinski definition) is 1. The van der Waals surface area contributed by atoms with Crippen LogP contribution in [0.4, 0.5) is 0 Å². The Balaban J connectivity index is 0.000000104. The maximum absolute atomic E-state index is 5.73. The fourth-order valence-electron chi connectivity index (χ4n) is 17.8. The van der Waals surface area contributed by atoms with E-state index in [9.17, 15) is 0 Å². The number of fused-ring (bicyclic) bond motifs is 19. The van der Waals surface area contributed by atoms with Crippen molar-refractivity contribution in [2.24, 2.45) is 0 Å². The van der Waals surface area contributed by atoms with Crippen LogP contribution in [0.2, 0.25) is 0 Å². The Kier molecular flexibility index (Phi) is 19.2. The molecule has 1 aromatic heterocycles. The third-order valence-corrected chi connectivity index (χ3v) is 22.6. The second kappa shape index (κ2) is 29.7. The molecule has 0 saturated heterocycles. The maximum atomic E-state index is 5.73. The molecule has 0 aliphatic heterocycles. The van der Waals surface area contributed by atoms with Gasteiger partial charge in [0.05, 0.1) is 16.2 Å². The summed E-state index contributed by atoms with van der Waals surface area (Å²) >= 11 is 0. The molecule has 1 nitrogen and oxygen atoms in total. The molecule has 0 fully saturated rings. The lowest BCUT2D eigenvalue weighted by Gasteiger charge is -2.34. The van der Waals surface area contributed by atoms with E-state index in [1.165, 1.54) is 167 Å². The van der Waals surface area contributed by atoms with E-state index in [2.05, 4.69) is 413 Å². The molecule has 0 radical (unpaired) electrons. The van der Waals surface area contributed by atoms with Crippen molar-refractivity contribution < 1.29 is 4.42 Å². The summed E-state index contributed by atoms with van der Waals surface area (Å²) in [4.78, 5) is 0. The first-order valence-corrected chi connectivity index (χ1v) is 37.9. The minimum atomic E-state index is -0.263. The highest BCUT2D eigenvalue weighted by molar-refractivity contribution is 6.06. The molecule has 0 atom stereocenters. The normalized spacial score (nSPS) is 13.0. The van der Waals surface area contributed by atoms with Gasteiger partial charge in [0.25, 0.3) is 0 Å². The zero-order valence-electron chi connectivity index (χ0n) is 62.9. The summed E-state index contributed by atoms with van der Waals surface area (Å²) in [5.41, 5.74) is 39.2. The number of hydrogen-bond donors (Lipinski definition) is 0. The van der Waals surface area contributed by atoms with Gasteiger partial charge in [-0.3, -0.25) is 0 Å². The van der Waals surface area contributed by atoms with E-state index in [1.807, 2.05) is 30.3 Å². The molecule has 0 bridgehead atoms. The van der Waals surface area contributed by atoms with Crippen LogP contribution in [0.15, 0.2) is 393 Å². The summed E-state index contributed by atoms with van der Waals surface area (Å²) in [6.45, 7) is 17.1. The zero-order chi connectivity index (χ0) is 73.9. The summed E-state index contributed by atoms with van der Waals surface area (Å²) in [6.07, 6.45) is 0. The summed E-state index contributed by atoms with van der Waals surface area (Å²) in [6, 6.07) is 140. The van der Waals surface area contributed by atoms with Crippen molar-refractivity contribution >= 4 is 21.9 Å². The molecule has 1 heteroatoms. The van der Waals surface area contributed by atoms with Crippen molar-refractivity contribution in [3.05, 3.63) is 500 Å². The fourth-order valence-corrected chi connectivity index (χ4v) is 17.8. The first kappa shape index (κ1) is 69.7. The van der Waals surface area contributed by atoms with Gasteiger partial charge in [-0.15, -0.1) is 0 Å². The molecule has 0 saturated carbocycles. The second-order valence-electron chi connectivity index (χ2n) is 29.4. The van der Waals surface area contributed by atoms with Gasteiger partial charge in [0.15, 0.2) is 0 Å². The Labute approximate surface area is 637 Å². The number of para-hydroxylation sites is 1. The number of rotatable bonds is 4. The zero-order valence-corrected chi connectivity index (χ0v) is 62.9. The second-order valence-corrected chi connectivity index (χ2v) is 29.4. The van der Waals surface area contributed by atoms with Crippen LogP contribution in [0.5, 0.6) is 0 Å². The lowest BCUT2D eigenvalue weighted by molar-refractivity contribution is 0.669. The predicted molar refractivity (Wildman–Crippen MR) is 455 cm³/mol. The smallest absolute Gasteiger partial charge is 0.135 e. The lowest BCUT2D eigenvalue weighted by atomic mass is 9.67. The van der Waals surface area contributed by atoms with Gasteiger partial charge in [-0.05, 0) is 195 Å². The van der Waals surface area contributed by atoms with Gasteiger partial charge in [-0.1, -0.05) is 404 Å². The largest absolute Gasteiger partial charge is 0.456 e. The van der Waals surface area contributed by atoms with Crippen LogP contribution in [0.3, 0.4) is 0 Å². The van der Waals surface area contributed by atoms with Crippen LogP contribution in [-0.4, -0.2) is 0 Å². The molecule has 1 heterocycles. The molecule has 4 aliphatic rings. The van der Waals surface area contributed by atoms with E-state index in [1.54, 1.807) is 0 Å². The van der Waals surface area contributed by atoms with E-state index in [-0.39, 0.29) is 16.2 Å². The van der Waals surface area contributed by atoms with Gasteiger partial charge >= 0.3 is 0 Å². The molecule has 1 spiro atoms. The monoisotopic (exact) mass is 1390 g/mol. The number of aryl methyl sites for hydroxylation is 8. The van der Waals surface area contributed by atoms with Crippen molar-refractivity contribution in [3.63, 3.8) is 0 Å². The highest BCUT2D eigenvalue weighted by atomic mass is 16.3. The molecule has 0 N–H and O–H groups in total. The SMILES string of the molecule is Cc1ccc2c(c1)-c1ccccc1C2(c1ccccc1)c1ccccc1.Cc1ccc2c(c1)C(c1ccccc1)(c1ccccc1)c1ccccc1-2.Cc1ccc2c(c1)C1(c3ccccc3-c3ccccc31)c1ccccc1-2.Cc1cccc(C)c1.Cc1cccc2oc3ccccc3c12.Cc1ccccc1C. The fraction of sp³-hybridized carbons (Fsp3) is 0.103. The lowest BCUT2D eigenvalue weighted by Crippen LogP contribution is -2.28. The standard InChI is InChI=1S/C26H18.2C26H20.C13H10O.2C8H10/c1-17-14-15-21-20-10-4-7-13-24(20)26(25(21)16-17)22-11-5-2-8-18(22)19-9-3-6-12-23(19)26;1-19-16-17-25-23(18-19)22-14-8-9-15-24(22)26(25,20-10-4-2-5-11-20)21-12-6-3-7-13-21;1-19-16-17-23-22-14-8-9-15-24(22)26(25(23)18-19,20-10-4-2-5-11-20)21-12-6-3-7-13-21;1-9-5-4-8-12-13(9)10-6-2-3-7-11(10)14-12;1-7-4-3-5-8(2)6-7;1-7-5-3-4-6-8(7)2/h2-16H,1H3;2*2-18H,1H3;2-8H,1H3;2*3-6H,1-2H3.